The third-order valence-electron chi connectivity index (χ3n) is 5.32. The predicted octanol–water partition coefficient (Wildman–Crippen LogP) is 2.52. The van der Waals surface area contributed by atoms with E-state index in [1.54, 1.807) is 0 Å². The van der Waals surface area contributed by atoms with Gasteiger partial charge in [-0.2, -0.15) is 0 Å². The summed E-state index contributed by atoms with van der Waals surface area (Å²) in [5.41, 5.74) is 2.73. The number of hydrogen-bond acceptors (Lipinski definition) is 3. The number of nitrogens with zero attached hydrogens (tertiary/aromatic N) is 2. The first kappa shape index (κ1) is 16.0. The molecule has 2 aliphatic rings. The normalized spacial score (nSPS) is 27.4. The lowest BCUT2D eigenvalue weighted by atomic mass is 9.95. The zero-order valence-electron chi connectivity index (χ0n) is 13.9. The fourth-order valence-electron chi connectivity index (χ4n) is 4.12. The Bertz CT molecular complexity index is 470. The Hall–Kier alpha value is -0.900. The number of likely N-dealkylation sites (tertiary alicyclic amines) is 2. The highest BCUT2D eigenvalue weighted by atomic mass is 16.3. The highest BCUT2D eigenvalue weighted by molar-refractivity contribution is 5.22. The Morgan fingerprint density at radius 1 is 1.05 bits per heavy atom. The third kappa shape index (κ3) is 4.09. The van der Waals surface area contributed by atoms with Gasteiger partial charge in [-0.15, -0.1) is 0 Å². The Labute approximate surface area is 134 Å². The summed E-state index contributed by atoms with van der Waals surface area (Å²) in [6, 6.07) is 8.81. The summed E-state index contributed by atoms with van der Waals surface area (Å²) in [4.78, 5) is 5.15. The van der Waals surface area contributed by atoms with Gasteiger partial charge in [0.05, 0.1) is 0 Å². The van der Waals surface area contributed by atoms with Crippen LogP contribution in [0.2, 0.25) is 0 Å². The molecule has 0 radical (unpaired) electrons. The van der Waals surface area contributed by atoms with Crippen LogP contribution in [0.25, 0.3) is 0 Å². The number of aryl methyl sites for hydroxylation is 1. The van der Waals surface area contributed by atoms with Gasteiger partial charge >= 0.3 is 0 Å². The maximum atomic E-state index is 9.75. The summed E-state index contributed by atoms with van der Waals surface area (Å²) in [5.74, 6) is 1.08. The minimum atomic E-state index is 0.336. The molecule has 0 aromatic heterocycles. The molecule has 2 fully saturated rings. The van der Waals surface area contributed by atoms with Crippen molar-refractivity contribution in [2.24, 2.45) is 11.8 Å². The third-order valence-corrected chi connectivity index (χ3v) is 5.32. The number of benzene rings is 1. The predicted molar refractivity (Wildman–Crippen MR) is 90.8 cm³/mol. The Morgan fingerprint density at radius 2 is 1.82 bits per heavy atom. The molecule has 0 amide bonds. The number of aliphatic hydroxyl groups excluding tert-OH is 1. The van der Waals surface area contributed by atoms with Crippen molar-refractivity contribution in [2.45, 2.75) is 32.7 Å². The lowest BCUT2D eigenvalue weighted by Gasteiger charge is -2.30. The van der Waals surface area contributed by atoms with Crippen molar-refractivity contribution in [1.29, 1.82) is 0 Å². The minimum Gasteiger partial charge on any atom is -0.396 e. The Kier molecular flexibility index (Phi) is 5.51. The Balaban J connectivity index is 1.56. The second-order valence-corrected chi connectivity index (χ2v) is 7.25. The number of rotatable bonds is 5. The van der Waals surface area contributed by atoms with Crippen LogP contribution in [0.15, 0.2) is 24.3 Å². The maximum Gasteiger partial charge on any atom is 0.0475 e. The molecule has 2 atom stereocenters. The second-order valence-electron chi connectivity index (χ2n) is 7.25. The van der Waals surface area contributed by atoms with Gasteiger partial charge in [-0.05, 0) is 50.3 Å². The molecular weight excluding hydrogens is 272 g/mol. The zero-order valence-corrected chi connectivity index (χ0v) is 13.9. The van der Waals surface area contributed by atoms with E-state index in [2.05, 4.69) is 41.0 Å². The Morgan fingerprint density at radius 3 is 2.55 bits per heavy atom. The monoisotopic (exact) mass is 302 g/mol. The second kappa shape index (κ2) is 7.58. The van der Waals surface area contributed by atoms with Crippen LogP contribution >= 0.6 is 0 Å². The van der Waals surface area contributed by atoms with Crippen LogP contribution in [0.4, 0.5) is 0 Å². The maximum absolute atomic E-state index is 9.75. The van der Waals surface area contributed by atoms with E-state index in [9.17, 15) is 5.11 Å². The van der Waals surface area contributed by atoms with Crippen LogP contribution < -0.4 is 0 Å². The van der Waals surface area contributed by atoms with Gasteiger partial charge in [0, 0.05) is 32.8 Å². The van der Waals surface area contributed by atoms with Crippen LogP contribution in [0, 0.1) is 18.8 Å². The van der Waals surface area contributed by atoms with Gasteiger partial charge in [0.1, 0.15) is 0 Å². The lowest BCUT2D eigenvalue weighted by Crippen LogP contribution is -2.37. The van der Waals surface area contributed by atoms with E-state index in [4.69, 9.17) is 0 Å². The number of hydrogen-bond donors (Lipinski definition) is 1. The molecule has 1 aromatic rings. The molecule has 0 unspecified atom stereocenters. The van der Waals surface area contributed by atoms with Gasteiger partial charge in [0.15, 0.2) is 0 Å². The smallest absolute Gasteiger partial charge is 0.0475 e. The van der Waals surface area contributed by atoms with Gasteiger partial charge < -0.3 is 10.0 Å². The fourth-order valence-corrected chi connectivity index (χ4v) is 4.12. The summed E-state index contributed by atoms with van der Waals surface area (Å²) in [6.07, 6.45) is 4.09. The standard InChI is InChI=1S/C19H30N2O/c1-16-6-5-7-17(10-16)11-21-13-18(19(14-21)15-22)12-20-8-3-2-4-9-20/h5-7,10,18-19,22H,2-4,8-9,11-15H2,1H3/t18-,19-/m1/s1. The topological polar surface area (TPSA) is 26.7 Å². The molecule has 0 aliphatic carbocycles. The highest BCUT2D eigenvalue weighted by Gasteiger charge is 2.33. The van der Waals surface area contributed by atoms with Gasteiger partial charge in [0.2, 0.25) is 0 Å². The first-order valence-electron chi connectivity index (χ1n) is 8.85. The molecule has 2 heterocycles. The van der Waals surface area contributed by atoms with Crippen molar-refractivity contribution in [2.75, 3.05) is 39.3 Å². The van der Waals surface area contributed by atoms with E-state index in [0.717, 1.165) is 19.6 Å². The molecule has 2 aliphatic heterocycles. The summed E-state index contributed by atoms with van der Waals surface area (Å²) in [6.45, 7) is 9.38. The van der Waals surface area contributed by atoms with Gasteiger partial charge in [-0.25, -0.2) is 0 Å². The molecule has 122 valence electrons. The SMILES string of the molecule is Cc1cccc(CN2C[C@@H](CN3CCCCC3)[C@@H](CO)C2)c1. The lowest BCUT2D eigenvalue weighted by molar-refractivity contribution is 0.149. The van der Waals surface area contributed by atoms with E-state index in [-0.39, 0.29) is 0 Å². The van der Waals surface area contributed by atoms with Crippen LogP contribution in [-0.4, -0.2) is 54.2 Å². The van der Waals surface area contributed by atoms with Crippen molar-refractivity contribution >= 4 is 0 Å². The molecule has 1 aromatic carbocycles. The molecule has 22 heavy (non-hydrogen) atoms. The van der Waals surface area contributed by atoms with E-state index < -0.39 is 0 Å². The summed E-state index contributed by atoms with van der Waals surface area (Å²) in [5, 5.41) is 9.75. The molecule has 3 heteroatoms. The molecule has 2 saturated heterocycles. The van der Waals surface area contributed by atoms with Gasteiger partial charge in [-0.1, -0.05) is 36.2 Å². The molecule has 1 N–H and O–H groups in total. The van der Waals surface area contributed by atoms with Crippen LogP contribution in [0.3, 0.4) is 0 Å². The van der Waals surface area contributed by atoms with Crippen molar-refractivity contribution in [3.8, 4) is 0 Å². The van der Waals surface area contributed by atoms with Crippen molar-refractivity contribution < 1.29 is 5.11 Å². The fraction of sp³-hybridized carbons (Fsp3) is 0.684. The minimum absolute atomic E-state index is 0.336. The summed E-state index contributed by atoms with van der Waals surface area (Å²) >= 11 is 0. The van der Waals surface area contributed by atoms with Crippen molar-refractivity contribution in [3.05, 3.63) is 35.4 Å². The largest absolute Gasteiger partial charge is 0.396 e. The van der Waals surface area contributed by atoms with Crippen molar-refractivity contribution in [3.63, 3.8) is 0 Å². The average molecular weight is 302 g/mol. The van der Waals surface area contributed by atoms with Crippen molar-refractivity contribution in [1.82, 2.24) is 9.80 Å². The van der Waals surface area contributed by atoms with E-state index in [0.29, 0.717) is 18.4 Å². The van der Waals surface area contributed by atoms with Crippen LogP contribution in [0.1, 0.15) is 30.4 Å². The number of piperidine rings is 1. The highest BCUT2D eigenvalue weighted by Crippen LogP contribution is 2.26. The first-order valence-corrected chi connectivity index (χ1v) is 8.85. The molecule has 3 rings (SSSR count). The average Bonchev–Trinajstić information content (AvgIpc) is 2.90. The van der Waals surface area contributed by atoms with Crippen LogP contribution in [0.5, 0.6) is 0 Å². The van der Waals surface area contributed by atoms with Crippen LogP contribution in [-0.2, 0) is 6.54 Å². The first-order chi connectivity index (χ1) is 10.7. The molecular formula is C19H30N2O. The summed E-state index contributed by atoms with van der Waals surface area (Å²) in [7, 11) is 0. The quantitative estimate of drug-likeness (QED) is 0.905. The van der Waals surface area contributed by atoms with E-state index >= 15 is 0 Å². The van der Waals surface area contributed by atoms with Gasteiger partial charge in [-0.3, -0.25) is 4.90 Å². The van der Waals surface area contributed by atoms with Gasteiger partial charge in [0.25, 0.3) is 0 Å². The van der Waals surface area contributed by atoms with E-state index in [1.165, 1.54) is 50.0 Å². The summed E-state index contributed by atoms with van der Waals surface area (Å²) < 4.78 is 0. The molecule has 3 nitrogen and oxygen atoms in total. The molecule has 0 saturated carbocycles. The molecule has 0 spiro atoms. The van der Waals surface area contributed by atoms with E-state index in [1.807, 2.05) is 0 Å². The zero-order chi connectivity index (χ0) is 15.4. The number of aliphatic hydroxyl groups is 1. The molecule has 0 bridgehead atoms.